The monoisotopic (exact) mass is 398 g/mol. The summed E-state index contributed by atoms with van der Waals surface area (Å²) in [4.78, 5) is 26.3. The van der Waals surface area contributed by atoms with Gasteiger partial charge in [-0.2, -0.15) is 0 Å². The highest BCUT2D eigenvalue weighted by molar-refractivity contribution is 5.94. The molecule has 0 fully saturated rings. The molecule has 0 aliphatic carbocycles. The van der Waals surface area contributed by atoms with Gasteiger partial charge in [0.2, 0.25) is 5.91 Å². The van der Waals surface area contributed by atoms with E-state index in [1.165, 1.54) is 0 Å². The summed E-state index contributed by atoms with van der Waals surface area (Å²) in [5, 5.41) is 2.92. The predicted molar refractivity (Wildman–Crippen MR) is 113 cm³/mol. The zero-order chi connectivity index (χ0) is 21.4. The number of carbonyl (C=O) groups is 2. The van der Waals surface area contributed by atoms with Gasteiger partial charge >= 0.3 is 0 Å². The van der Waals surface area contributed by atoms with Crippen LogP contribution in [0.2, 0.25) is 0 Å². The molecule has 0 heterocycles. The van der Waals surface area contributed by atoms with Crippen LogP contribution in [0, 0.1) is 0 Å². The van der Waals surface area contributed by atoms with Crippen molar-refractivity contribution in [2.75, 3.05) is 21.3 Å². The summed E-state index contributed by atoms with van der Waals surface area (Å²) in [6.07, 6.45) is 0.903. The molecule has 0 radical (unpaired) electrons. The number of nitrogens with zero attached hydrogens (tertiary/aromatic N) is 1. The van der Waals surface area contributed by atoms with E-state index in [1.54, 1.807) is 38.3 Å². The second-order valence-corrected chi connectivity index (χ2v) is 7.16. The highest BCUT2D eigenvalue weighted by Gasteiger charge is 2.14. The molecule has 0 bridgehead atoms. The molecule has 0 atom stereocenters. The number of methoxy groups -OCH3 is 2. The number of amides is 2. The molecule has 2 amide bonds. The Morgan fingerprint density at radius 1 is 1.03 bits per heavy atom. The Bertz CT molecular complexity index is 831. The Labute approximate surface area is 172 Å². The summed E-state index contributed by atoms with van der Waals surface area (Å²) >= 11 is 0. The van der Waals surface area contributed by atoms with Crippen molar-refractivity contribution in [1.82, 2.24) is 10.2 Å². The van der Waals surface area contributed by atoms with Crippen molar-refractivity contribution >= 4 is 11.8 Å². The number of rotatable bonds is 9. The number of hydrogen-bond acceptors (Lipinski definition) is 4. The average Bonchev–Trinajstić information content (AvgIpc) is 2.75. The summed E-state index contributed by atoms with van der Waals surface area (Å²) < 4.78 is 10.6. The van der Waals surface area contributed by atoms with Crippen molar-refractivity contribution in [3.63, 3.8) is 0 Å². The Hall–Kier alpha value is -3.02. The molecule has 1 N–H and O–H groups in total. The number of aryl methyl sites for hydroxylation is 1. The van der Waals surface area contributed by atoms with Crippen LogP contribution < -0.4 is 14.8 Å². The van der Waals surface area contributed by atoms with Gasteiger partial charge in [-0.1, -0.05) is 12.1 Å². The topological polar surface area (TPSA) is 67.9 Å². The quantitative estimate of drug-likeness (QED) is 0.703. The first kappa shape index (κ1) is 22.3. The average molecular weight is 399 g/mol. The molecule has 0 saturated heterocycles. The molecule has 0 spiro atoms. The highest BCUT2D eigenvalue weighted by Crippen LogP contribution is 2.25. The second kappa shape index (κ2) is 10.5. The first-order valence-corrected chi connectivity index (χ1v) is 9.69. The molecule has 2 aromatic carbocycles. The van der Waals surface area contributed by atoms with Crippen molar-refractivity contribution in [2.24, 2.45) is 0 Å². The molecule has 156 valence electrons. The fourth-order valence-corrected chi connectivity index (χ4v) is 2.82. The van der Waals surface area contributed by atoms with E-state index >= 15 is 0 Å². The van der Waals surface area contributed by atoms with Crippen LogP contribution >= 0.6 is 0 Å². The van der Waals surface area contributed by atoms with Gasteiger partial charge in [-0.15, -0.1) is 0 Å². The number of ether oxygens (including phenoxy) is 2. The molecular formula is C23H30N2O4. The van der Waals surface area contributed by atoms with E-state index in [0.29, 0.717) is 24.9 Å². The lowest BCUT2D eigenvalue weighted by atomic mass is 10.1. The van der Waals surface area contributed by atoms with Crippen molar-refractivity contribution in [3.05, 3.63) is 59.2 Å². The fourth-order valence-electron chi connectivity index (χ4n) is 2.82. The molecule has 0 aliphatic rings. The first-order valence-electron chi connectivity index (χ1n) is 9.69. The smallest absolute Gasteiger partial charge is 0.253 e. The van der Waals surface area contributed by atoms with E-state index in [0.717, 1.165) is 22.6 Å². The summed E-state index contributed by atoms with van der Waals surface area (Å²) in [6.45, 7) is 4.37. The Morgan fingerprint density at radius 2 is 1.72 bits per heavy atom. The third-order valence-electron chi connectivity index (χ3n) is 4.89. The standard InChI is InChI=1S/C23H30N2O4/c1-16(2)25(3)23(27)18-8-6-17(7-9-18)15-24-22(26)13-10-19-14-20(28-4)11-12-21(19)29-5/h6-9,11-12,14,16H,10,13,15H2,1-5H3,(H,24,26). The van der Waals surface area contributed by atoms with E-state index in [2.05, 4.69) is 5.32 Å². The predicted octanol–water partition coefficient (Wildman–Crippen LogP) is 3.43. The molecule has 2 aromatic rings. The van der Waals surface area contributed by atoms with Crippen molar-refractivity contribution in [1.29, 1.82) is 0 Å². The van der Waals surface area contributed by atoms with Gasteiger partial charge in [0, 0.05) is 31.6 Å². The Morgan fingerprint density at radius 3 is 2.31 bits per heavy atom. The van der Waals surface area contributed by atoms with E-state index in [9.17, 15) is 9.59 Å². The van der Waals surface area contributed by atoms with Crippen LogP contribution in [0.1, 0.15) is 41.8 Å². The second-order valence-electron chi connectivity index (χ2n) is 7.16. The van der Waals surface area contributed by atoms with Gasteiger partial charge in [-0.05, 0) is 61.7 Å². The van der Waals surface area contributed by atoms with Gasteiger partial charge in [-0.3, -0.25) is 9.59 Å². The molecular weight excluding hydrogens is 368 g/mol. The van der Waals surface area contributed by atoms with Crippen LogP contribution in [-0.4, -0.2) is 44.0 Å². The van der Waals surface area contributed by atoms with E-state index in [4.69, 9.17) is 9.47 Å². The molecule has 6 nitrogen and oxygen atoms in total. The highest BCUT2D eigenvalue weighted by atomic mass is 16.5. The lowest BCUT2D eigenvalue weighted by Gasteiger charge is -2.21. The third-order valence-corrected chi connectivity index (χ3v) is 4.89. The fraction of sp³-hybridized carbons (Fsp3) is 0.391. The van der Waals surface area contributed by atoms with Crippen molar-refractivity contribution in [3.8, 4) is 11.5 Å². The lowest BCUT2D eigenvalue weighted by molar-refractivity contribution is -0.121. The van der Waals surface area contributed by atoms with Gasteiger partial charge in [0.1, 0.15) is 11.5 Å². The van der Waals surface area contributed by atoms with Crippen LogP contribution in [0.4, 0.5) is 0 Å². The molecule has 0 unspecified atom stereocenters. The minimum atomic E-state index is -0.0467. The van der Waals surface area contributed by atoms with Crippen LogP contribution in [0.5, 0.6) is 11.5 Å². The zero-order valence-electron chi connectivity index (χ0n) is 17.8. The number of hydrogen-bond donors (Lipinski definition) is 1. The van der Waals surface area contributed by atoms with Gasteiger partial charge in [0.15, 0.2) is 0 Å². The van der Waals surface area contributed by atoms with Crippen molar-refractivity contribution in [2.45, 2.75) is 39.3 Å². The van der Waals surface area contributed by atoms with Gasteiger partial charge in [-0.25, -0.2) is 0 Å². The van der Waals surface area contributed by atoms with Gasteiger partial charge < -0.3 is 19.7 Å². The third kappa shape index (κ3) is 6.24. The van der Waals surface area contributed by atoms with Crippen LogP contribution in [0.15, 0.2) is 42.5 Å². The maximum Gasteiger partial charge on any atom is 0.253 e. The first-order chi connectivity index (χ1) is 13.8. The van der Waals surface area contributed by atoms with Crippen molar-refractivity contribution < 1.29 is 19.1 Å². The number of carbonyl (C=O) groups excluding carboxylic acids is 2. The summed E-state index contributed by atoms with van der Waals surface area (Å²) in [5.74, 6) is 1.42. The zero-order valence-corrected chi connectivity index (χ0v) is 17.8. The lowest BCUT2D eigenvalue weighted by Crippen LogP contribution is -2.32. The molecule has 29 heavy (non-hydrogen) atoms. The van der Waals surface area contributed by atoms with Gasteiger partial charge in [0.05, 0.1) is 14.2 Å². The SMILES string of the molecule is COc1ccc(OC)c(CCC(=O)NCc2ccc(C(=O)N(C)C(C)C)cc2)c1. The normalized spacial score (nSPS) is 10.6. The number of benzene rings is 2. The number of nitrogens with one attached hydrogen (secondary N) is 1. The summed E-state index contributed by atoms with van der Waals surface area (Å²) in [5.41, 5.74) is 2.52. The Kier molecular flexibility index (Phi) is 8.07. The maximum absolute atomic E-state index is 12.3. The van der Waals surface area contributed by atoms with E-state index in [-0.39, 0.29) is 17.9 Å². The van der Waals surface area contributed by atoms with E-state index in [1.807, 2.05) is 44.2 Å². The van der Waals surface area contributed by atoms with Crippen LogP contribution in [0.3, 0.4) is 0 Å². The molecule has 2 rings (SSSR count). The summed E-state index contributed by atoms with van der Waals surface area (Å²) in [6, 6.07) is 13.0. The minimum absolute atomic E-state index is 0.0113. The summed E-state index contributed by atoms with van der Waals surface area (Å²) in [7, 11) is 5.01. The molecule has 0 aromatic heterocycles. The van der Waals surface area contributed by atoms with Gasteiger partial charge in [0.25, 0.3) is 5.91 Å². The van der Waals surface area contributed by atoms with E-state index < -0.39 is 0 Å². The Balaban J connectivity index is 1.87. The minimum Gasteiger partial charge on any atom is -0.497 e. The van der Waals surface area contributed by atoms with Crippen LogP contribution in [-0.2, 0) is 17.8 Å². The largest absolute Gasteiger partial charge is 0.497 e. The van der Waals surface area contributed by atoms with Crippen LogP contribution in [0.25, 0.3) is 0 Å². The molecule has 6 heteroatoms. The molecule has 0 saturated carbocycles. The maximum atomic E-state index is 12.3. The molecule has 0 aliphatic heterocycles.